The highest BCUT2D eigenvalue weighted by Crippen LogP contribution is 2.30. The van der Waals surface area contributed by atoms with E-state index in [9.17, 15) is 4.79 Å². The Hall–Kier alpha value is -1.64. The van der Waals surface area contributed by atoms with Gasteiger partial charge in [0.2, 0.25) is 0 Å². The zero-order valence-electron chi connectivity index (χ0n) is 16.8. The van der Waals surface area contributed by atoms with Crippen LogP contribution in [0.15, 0.2) is 35.3 Å². The summed E-state index contributed by atoms with van der Waals surface area (Å²) in [5, 5.41) is 0. The van der Waals surface area contributed by atoms with Crippen molar-refractivity contribution in [3.8, 4) is 0 Å². The molecule has 0 saturated carbocycles. The molecule has 3 nitrogen and oxygen atoms in total. The third kappa shape index (κ3) is 6.93. The lowest BCUT2D eigenvalue weighted by Crippen LogP contribution is -2.27. The highest BCUT2D eigenvalue weighted by molar-refractivity contribution is 6.37. The number of carbonyl (C=O) groups excluding carboxylic acids is 1. The Balaban J connectivity index is 2.04. The number of aliphatic imine (C=N–C) groups is 1. The first-order valence-corrected chi connectivity index (χ1v) is 10.3. The molecular formula is C23H35NO2. The number of rotatable bonds is 4. The fraction of sp³-hybridized carbons (Fsp3) is 0.652. The van der Waals surface area contributed by atoms with Gasteiger partial charge in [-0.15, -0.1) is 0 Å². The summed E-state index contributed by atoms with van der Waals surface area (Å²) in [6.45, 7) is 7.91. The van der Waals surface area contributed by atoms with Crippen LogP contribution in [0.25, 0.3) is 0 Å². The van der Waals surface area contributed by atoms with Gasteiger partial charge in [0.15, 0.2) is 0 Å². The van der Waals surface area contributed by atoms with Crippen molar-refractivity contribution in [2.45, 2.75) is 78.7 Å². The second-order valence-electron chi connectivity index (χ2n) is 8.30. The van der Waals surface area contributed by atoms with Crippen molar-refractivity contribution in [1.82, 2.24) is 0 Å². The molecule has 2 rings (SSSR count). The maximum absolute atomic E-state index is 12.7. The Morgan fingerprint density at radius 2 is 1.85 bits per heavy atom. The Morgan fingerprint density at radius 3 is 2.58 bits per heavy atom. The first kappa shape index (κ1) is 20.7. The summed E-state index contributed by atoms with van der Waals surface area (Å²) < 4.78 is 5.60. The molecule has 0 aromatic heterocycles. The molecular weight excluding hydrogens is 322 g/mol. The highest BCUT2D eigenvalue weighted by Gasteiger charge is 2.24. The van der Waals surface area contributed by atoms with Crippen molar-refractivity contribution in [3.05, 3.63) is 35.9 Å². The second kappa shape index (κ2) is 10.5. The molecule has 1 aliphatic rings. The van der Waals surface area contributed by atoms with Crippen LogP contribution in [0.2, 0.25) is 0 Å². The van der Waals surface area contributed by atoms with Gasteiger partial charge < -0.3 is 4.74 Å². The molecule has 0 radical (unpaired) electrons. The van der Waals surface area contributed by atoms with Gasteiger partial charge >= 0.3 is 5.97 Å². The number of esters is 1. The van der Waals surface area contributed by atoms with Crippen LogP contribution >= 0.6 is 0 Å². The Morgan fingerprint density at radius 1 is 1.12 bits per heavy atom. The zero-order valence-corrected chi connectivity index (χ0v) is 16.8. The van der Waals surface area contributed by atoms with E-state index in [0.29, 0.717) is 17.7 Å². The molecule has 1 aromatic rings. The van der Waals surface area contributed by atoms with Crippen molar-refractivity contribution in [2.24, 2.45) is 16.3 Å². The summed E-state index contributed by atoms with van der Waals surface area (Å²) in [7, 11) is 0. The molecule has 26 heavy (non-hydrogen) atoms. The number of hydrogen-bond donors (Lipinski definition) is 0. The summed E-state index contributed by atoms with van der Waals surface area (Å²) in [6, 6.07) is 9.86. The van der Waals surface area contributed by atoms with E-state index in [1.165, 1.54) is 32.1 Å². The average molecular weight is 358 g/mol. The smallest absolute Gasteiger partial charge is 0.352 e. The molecule has 0 bridgehead atoms. The van der Waals surface area contributed by atoms with Gasteiger partial charge in [-0.25, -0.2) is 4.79 Å². The first-order chi connectivity index (χ1) is 12.5. The van der Waals surface area contributed by atoms with E-state index >= 15 is 0 Å². The van der Waals surface area contributed by atoms with Crippen molar-refractivity contribution in [2.75, 3.05) is 6.54 Å². The summed E-state index contributed by atoms with van der Waals surface area (Å²) in [4.78, 5) is 17.5. The predicted molar refractivity (Wildman–Crippen MR) is 108 cm³/mol. The molecule has 1 heterocycles. The Labute approximate surface area is 159 Å². The van der Waals surface area contributed by atoms with Crippen LogP contribution in [0.5, 0.6) is 0 Å². The molecule has 0 N–H and O–H groups in total. The maximum Gasteiger partial charge on any atom is 0.352 e. The van der Waals surface area contributed by atoms with Crippen molar-refractivity contribution in [1.29, 1.82) is 0 Å². The lowest BCUT2D eigenvalue weighted by Gasteiger charge is -2.25. The van der Waals surface area contributed by atoms with Gasteiger partial charge in [-0.2, -0.15) is 0 Å². The molecule has 0 amide bonds. The van der Waals surface area contributed by atoms with Gasteiger partial charge in [-0.1, -0.05) is 70.4 Å². The Bertz CT molecular complexity index is 577. The quantitative estimate of drug-likeness (QED) is 0.623. The highest BCUT2D eigenvalue weighted by atomic mass is 16.5. The van der Waals surface area contributed by atoms with Crippen molar-refractivity contribution >= 4 is 11.7 Å². The molecule has 1 unspecified atom stereocenters. The fourth-order valence-corrected chi connectivity index (χ4v) is 3.74. The molecule has 144 valence electrons. The second-order valence-corrected chi connectivity index (χ2v) is 8.30. The standard InChI is InChI=1S/C23H35NO2/c1-4-20-14-9-6-10-15-23(2,3)16-11-17-24-21(20)22(25)26-18-19-12-7-5-8-13-19/h5,7-8,12-13,20H,4,6,9-11,14-18H2,1-3H3/b24-21+. The predicted octanol–water partition coefficient (Wildman–Crippen LogP) is 5.97. The van der Waals surface area contributed by atoms with E-state index in [0.717, 1.165) is 31.4 Å². The van der Waals surface area contributed by atoms with Crippen LogP contribution in [0.1, 0.15) is 77.7 Å². The van der Waals surface area contributed by atoms with Crippen LogP contribution < -0.4 is 0 Å². The molecule has 1 aromatic carbocycles. The summed E-state index contributed by atoms with van der Waals surface area (Å²) in [6.07, 6.45) is 9.18. The molecule has 0 aliphatic carbocycles. The van der Waals surface area contributed by atoms with E-state index in [4.69, 9.17) is 9.73 Å². The zero-order chi connectivity index (χ0) is 18.8. The van der Waals surface area contributed by atoms with Gasteiger partial charge in [-0.3, -0.25) is 4.99 Å². The average Bonchev–Trinajstić information content (AvgIpc) is 2.63. The number of carbonyl (C=O) groups is 1. The van der Waals surface area contributed by atoms with Gasteiger partial charge in [0, 0.05) is 12.5 Å². The maximum atomic E-state index is 12.7. The van der Waals surface area contributed by atoms with E-state index in [1.54, 1.807) is 0 Å². The van der Waals surface area contributed by atoms with Gasteiger partial charge in [0.1, 0.15) is 12.3 Å². The fourth-order valence-electron chi connectivity index (χ4n) is 3.74. The largest absolute Gasteiger partial charge is 0.456 e. The number of benzene rings is 1. The molecule has 3 heteroatoms. The lowest BCUT2D eigenvalue weighted by molar-refractivity contribution is -0.137. The number of nitrogens with zero attached hydrogens (tertiary/aromatic N) is 1. The third-order valence-corrected chi connectivity index (χ3v) is 5.50. The van der Waals surface area contributed by atoms with Crippen LogP contribution in [0, 0.1) is 11.3 Å². The molecule has 0 saturated heterocycles. The lowest BCUT2D eigenvalue weighted by atomic mass is 9.82. The summed E-state index contributed by atoms with van der Waals surface area (Å²) >= 11 is 0. The summed E-state index contributed by atoms with van der Waals surface area (Å²) in [5.41, 5.74) is 2.07. The van der Waals surface area contributed by atoms with Crippen molar-refractivity contribution < 1.29 is 9.53 Å². The normalized spacial score (nSPS) is 23.8. The first-order valence-electron chi connectivity index (χ1n) is 10.3. The topological polar surface area (TPSA) is 38.7 Å². The van der Waals surface area contributed by atoms with E-state index in [1.807, 2.05) is 30.3 Å². The van der Waals surface area contributed by atoms with E-state index in [2.05, 4.69) is 20.8 Å². The third-order valence-electron chi connectivity index (χ3n) is 5.50. The molecule has 0 fully saturated rings. The monoisotopic (exact) mass is 357 g/mol. The van der Waals surface area contributed by atoms with Gasteiger partial charge in [0.05, 0.1) is 0 Å². The van der Waals surface area contributed by atoms with Crippen LogP contribution in [0.4, 0.5) is 0 Å². The van der Waals surface area contributed by atoms with E-state index < -0.39 is 0 Å². The van der Waals surface area contributed by atoms with Gasteiger partial charge in [-0.05, 0) is 43.1 Å². The van der Waals surface area contributed by atoms with Crippen LogP contribution in [-0.2, 0) is 16.1 Å². The van der Waals surface area contributed by atoms with Crippen LogP contribution in [0.3, 0.4) is 0 Å². The Kier molecular flexibility index (Phi) is 8.34. The molecule has 0 spiro atoms. The minimum Gasteiger partial charge on any atom is -0.456 e. The van der Waals surface area contributed by atoms with Crippen LogP contribution in [-0.4, -0.2) is 18.2 Å². The number of hydrogen-bond acceptors (Lipinski definition) is 3. The number of ether oxygens (including phenoxy) is 1. The van der Waals surface area contributed by atoms with E-state index in [-0.39, 0.29) is 11.9 Å². The minimum atomic E-state index is -0.225. The van der Waals surface area contributed by atoms with Crippen molar-refractivity contribution in [3.63, 3.8) is 0 Å². The van der Waals surface area contributed by atoms with Gasteiger partial charge in [0.25, 0.3) is 0 Å². The minimum absolute atomic E-state index is 0.225. The summed E-state index contributed by atoms with van der Waals surface area (Å²) in [5.74, 6) is 0.00253. The molecule has 1 atom stereocenters. The SMILES string of the molecule is CCC1CCCCCC(C)(C)CCC/N=C\1C(=O)OCc1ccccc1. The molecule has 1 aliphatic heterocycles.